The Morgan fingerprint density at radius 3 is 2.24 bits per heavy atom. The lowest BCUT2D eigenvalue weighted by atomic mass is 10.1. The summed E-state index contributed by atoms with van der Waals surface area (Å²) in [7, 11) is -3.53. The summed E-state index contributed by atoms with van der Waals surface area (Å²) in [6.45, 7) is 0.692. The zero-order chi connectivity index (χ0) is 15.7. The third kappa shape index (κ3) is 8.44. The van der Waals surface area contributed by atoms with Crippen LogP contribution < -0.4 is 16.2 Å². The highest BCUT2D eigenvalue weighted by Crippen LogP contribution is 2.12. The molecule has 0 spiro atoms. The van der Waals surface area contributed by atoms with E-state index < -0.39 is 10.0 Å². The lowest BCUT2D eigenvalue weighted by Gasteiger charge is -2.06. The first-order valence-electron chi connectivity index (χ1n) is 7.00. The Hall–Kier alpha value is -1.44. The fourth-order valence-electron chi connectivity index (χ4n) is 1.92. The monoisotopic (exact) mass is 313 g/mol. The van der Waals surface area contributed by atoms with Crippen LogP contribution in [0.3, 0.4) is 0 Å². The number of amides is 1. The van der Waals surface area contributed by atoms with Crippen molar-refractivity contribution in [3.8, 4) is 0 Å². The zero-order valence-electron chi connectivity index (χ0n) is 12.0. The molecule has 7 heteroatoms. The molecular weight excluding hydrogens is 290 g/mol. The average Bonchev–Trinajstić information content (AvgIpc) is 2.39. The van der Waals surface area contributed by atoms with Crippen LogP contribution in [0, 0.1) is 0 Å². The van der Waals surface area contributed by atoms with Crippen molar-refractivity contribution >= 4 is 21.6 Å². The van der Waals surface area contributed by atoms with Gasteiger partial charge in [-0.3, -0.25) is 4.79 Å². The molecule has 0 unspecified atom stereocenters. The van der Waals surface area contributed by atoms with E-state index in [1.54, 1.807) is 24.3 Å². The number of carbonyl (C=O) groups is 1. The van der Waals surface area contributed by atoms with Gasteiger partial charge >= 0.3 is 0 Å². The van der Waals surface area contributed by atoms with Crippen molar-refractivity contribution in [2.75, 3.05) is 11.9 Å². The summed E-state index contributed by atoms with van der Waals surface area (Å²) in [6.07, 6.45) is 4.36. The van der Waals surface area contributed by atoms with Gasteiger partial charge in [0.25, 0.3) is 0 Å². The summed E-state index contributed by atoms with van der Waals surface area (Å²) < 4.78 is 21.9. The van der Waals surface area contributed by atoms with E-state index in [9.17, 15) is 13.2 Å². The molecule has 1 aromatic rings. The second kappa shape index (κ2) is 8.76. The summed E-state index contributed by atoms with van der Waals surface area (Å²) >= 11 is 0. The molecule has 1 aromatic carbocycles. The van der Waals surface area contributed by atoms with Crippen molar-refractivity contribution in [3.05, 3.63) is 29.8 Å². The number of nitrogens with one attached hydrogen (secondary N) is 1. The van der Waals surface area contributed by atoms with Gasteiger partial charge in [-0.2, -0.15) is 0 Å². The van der Waals surface area contributed by atoms with E-state index in [0.717, 1.165) is 25.7 Å². The molecule has 0 atom stereocenters. The van der Waals surface area contributed by atoms with E-state index in [1.807, 2.05) is 0 Å². The highest BCUT2D eigenvalue weighted by atomic mass is 32.2. The number of hydrogen-bond donors (Lipinski definition) is 3. The molecule has 0 fully saturated rings. The number of rotatable bonds is 9. The van der Waals surface area contributed by atoms with E-state index in [4.69, 9.17) is 10.9 Å². The molecule has 0 bridgehead atoms. The summed E-state index contributed by atoms with van der Waals surface area (Å²) in [6, 6.07) is 6.63. The molecule has 21 heavy (non-hydrogen) atoms. The van der Waals surface area contributed by atoms with Crippen LogP contribution >= 0.6 is 0 Å². The maximum absolute atomic E-state index is 11.7. The fourth-order valence-corrected chi connectivity index (χ4v) is 2.58. The molecule has 0 aliphatic carbocycles. The minimum absolute atomic E-state index is 0.0399. The smallest absolute Gasteiger partial charge is 0.224 e. The van der Waals surface area contributed by atoms with E-state index in [0.29, 0.717) is 24.2 Å². The highest BCUT2D eigenvalue weighted by Gasteiger charge is 2.06. The number of sulfonamides is 1. The van der Waals surface area contributed by atoms with Gasteiger partial charge in [0.15, 0.2) is 0 Å². The van der Waals surface area contributed by atoms with Gasteiger partial charge in [0.1, 0.15) is 0 Å². The van der Waals surface area contributed by atoms with Gasteiger partial charge in [-0.05, 0) is 37.1 Å². The number of primary sulfonamides is 1. The van der Waals surface area contributed by atoms with Gasteiger partial charge < -0.3 is 11.1 Å². The first-order chi connectivity index (χ1) is 9.90. The molecule has 118 valence electrons. The van der Waals surface area contributed by atoms with E-state index in [-0.39, 0.29) is 11.7 Å². The molecule has 1 rings (SSSR count). The molecule has 0 aliphatic rings. The summed E-state index contributed by atoms with van der Waals surface area (Å²) in [5, 5.41) is 7.75. The SMILES string of the molecule is NCCCCCCC(=O)Nc1ccc(CS(N)(=O)=O)cc1. The van der Waals surface area contributed by atoms with Gasteiger partial charge in [-0.1, -0.05) is 25.0 Å². The number of unbranched alkanes of at least 4 members (excludes halogenated alkanes) is 3. The molecule has 0 aromatic heterocycles. The Morgan fingerprint density at radius 1 is 1.05 bits per heavy atom. The fraction of sp³-hybridized carbons (Fsp3) is 0.500. The molecule has 6 nitrogen and oxygen atoms in total. The molecule has 0 heterocycles. The van der Waals surface area contributed by atoms with Crippen LogP contribution in [0.4, 0.5) is 5.69 Å². The normalized spacial score (nSPS) is 11.3. The Kier molecular flexibility index (Phi) is 7.35. The minimum atomic E-state index is -3.53. The van der Waals surface area contributed by atoms with Gasteiger partial charge in [0.2, 0.25) is 15.9 Å². The topological polar surface area (TPSA) is 115 Å². The van der Waals surface area contributed by atoms with E-state index in [1.165, 1.54) is 0 Å². The first kappa shape index (κ1) is 17.6. The Labute approximate surface area is 126 Å². The quantitative estimate of drug-likeness (QED) is 0.596. The molecule has 0 aliphatic heterocycles. The lowest BCUT2D eigenvalue weighted by Crippen LogP contribution is -2.14. The average molecular weight is 313 g/mol. The van der Waals surface area contributed by atoms with Gasteiger partial charge in [0.05, 0.1) is 5.75 Å². The van der Waals surface area contributed by atoms with Gasteiger partial charge in [-0.25, -0.2) is 13.6 Å². The van der Waals surface area contributed by atoms with E-state index in [2.05, 4.69) is 5.32 Å². The van der Waals surface area contributed by atoms with Crippen LogP contribution in [0.2, 0.25) is 0 Å². The maximum atomic E-state index is 11.7. The third-order valence-corrected chi connectivity index (χ3v) is 3.70. The Bertz CT molecular complexity index is 541. The van der Waals surface area contributed by atoms with Gasteiger partial charge in [-0.15, -0.1) is 0 Å². The maximum Gasteiger partial charge on any atom is 0.224 e. The van der Waals surface area contributed by atoms with Crippen molar-refractivity contribution in [2.24, 2.45) is 10.9 Å². The van der Waals surface area contributed by atoms with Crippen molar-refractivity contribution in [3.63, 3.8) is 0 Å². The van der Waals surface area contributed by atoms with Crippen LogP contribution in [-0.2, 0) is 20.6 Å². The largest absolute Gasteiger partial charge is 0.330 e. The predicted molar refractivity (Wildman–Crippen MR) is 84.0 cm³/mol. The number of anilines is 1. The first-order valence-corrected chi connectivity index (χ1v) is 8.71. The van der Waals surface area contributed by atoms with Crippen molar-refractivity contribution in [1.82, 2.24) is 0 Å². The number of hydrogen-bond acceptors (Lipinski definition) is 4. The third-order valence-electron chi connectivity index (χ3n) is 2.96. The minimum Gasteiger partial charge on any atom is -0.330 e. The van der Waals surface area contributed by atoms with E-state index >= 15 is 0 Å². The molecule has 1 amide bonds. The summed E-state index contributed by atoms with van der Waals surface area (Å²) in [5.41, 5.74) is 6.65. The van der Waals surface area contributed by atoms with Gasteiger partial charge in [0, 0.05) is 12.1 Å². The van der Waals surface area contributed by atoms with Crippen molar-refractivity contribution in [2.45, 2.75) is 37.9 Å². The molecule has 5 N–H and O–H groups in total. The molecular formula is C14H23N3O3S. The Morgan fingerprint density at radius 2 is 1.67 bits per heavy atom. The Balaban J connectivity index is 2.36. The second-order valence-corrected chi connectivity index (χ2v) is 6.62. The summed E-state index contributed by atoms with van der Waals surface area (Å²) in [5.74, 6) is -0.246. The van der Waals surface area contributed by atoms with Crippen molar-refractivity contribution in [1.29, 1.82) is 0 Å². The molecule has 0 saturated carbocycles. The standard InChI is InChI=1S/C14H23N3O3S/c15-10-4-2-1-3-5-14(18)17-13-8-6-12(7-9-13)11-21(16,19)20/h6-9H,1-5,10-11,15H2,(H,17,18)(H2,16,19,20). The van der Waals surface area contributed by atoms with Crippen LogP contribution in [0.15, 0.2) is 24.3 Å². The van der Waals surface area contributed by atoms with Crippen LogP contribution in [0.25, 0.3) is 0 Å². The van der Waals surface area contributed by atoms with Crippen LogP contribution in [0.5, 0.6) is 0 Å². The second-order valence-electron chi connectivity index (χ2n) is 5.01. The van der Waals surface area contributed by atoms with Crippen LogP contribution in [0.1, 0.15) is 37.7 Å². The lowest BCUT2D eigenvalue weighted by molar-refractivity contribution is -0.116. The molecule has 0 saturated heterocycles. The predicted octanol–water partition coefficient (Wildman–Crippen LogP) is 1.32. The number of carbonyl (C=O) groups excluding carboxylic acids is 1. The van der Waals surface area contributed by atoms with Crippen LogP contribution in [-0.4, -0.2) is 20.9 Å². The zero-order valence-corrected chi connectivity index (χ0v) is 12.9. The molecule has 0 radical (unpaired) electrons. The van der Waals surface area contributed by atoms with Crippen molar-refractivity contribution < 1.29 is 13.2 Å². The highest BCUT2D eigenvalue weighted by molar-refractivity contribution is 7.88. The number of nitrogens with two attached hydrogens (primary N) is 2. The number of benzene rings is 1. The summed E-state index contributed by atoms with van der Waals surface area (Å²) in [4.78, 5) is 11.7.